The Morgan fingerprint density at radius 1 is 0.957 bits per heavy atom. The topological polar surface area (TPSA) is 31.4 Å². The Bertz CT molecular complexity index is 643. The van der Waals surface area contributed by atoms with Crippen molar-refractivity contribution in [3.8, 4) is 0 Å². The summed E-state index contributed by atoms with van der Waals surface area (Å²) in [6.45, 7) is 8.20. The van der Waals surface area contributed by atoms with Crippen LogP contribution in [0, 0.1) is 5.92 Å². The van der Waals surface area contributed by atoms with Gasteiger partial charge in [0.25, 0.3) is 0 Å². The van der Waals surface area contributed by atoms with E-state index in [4.69, 9.17) is 4.98 Å². The molecule has 4 rings (SSSR count). The van der Waals surface area contributed by atoms with Gasteiger partial charge in [0.05, 0.1) is 5.52 Å². The lowest BCUT2D eigenvalue weighted by Crippen LogP contribution is -2.48. The highest BCUT2D eigenvalue weighted by molar-refractivity contribution is 5.80. The van der Waals surface area contributed by atoms with Gasteiger partial charge in [-0.2, -0.15) is 0 Å². The van der Waals surface area contributed by atoms with E-state index in [0.717, 1.165) is 30.3 Å². The average molecular weight is 310 g/mol. The maximum Gasteiger partial charge on any atom is 0.129 e. The molecule has 3 heterocycles. The fraction of sp³-hybridized carbons (Fsp3) is 0.526. The van der Waals surface area contributed by atoms with E-state index in [0.29, 0.717) is 0 Å². The van der Waals surface area contributed by atoms with Gasteiger partial charge in [-0.3, -0.25) is 4.90 Å². The lowest BCUT2D eigenvalue weighted by molar-refractivity contribution is 0.196. The maximum atomic E-state index is 4.84. The van der Waals surface area contributed by atoms with Crippen LogP contribution in [0.1, 0.15) is 12.8 Å². The molecular weight excluding hydrogens is 284 g/mol. The summed E-state index contributed by atoms with van der Waals surface area (Å²) >= 11 is 0. The predicted molar refractivity (Wildman–Crippen MR) is 96.0 cm³/mol. The summed E-state index contributed by atoms with van der Waals surface area (Å²) in [6.07, 6.45) is 2.68. The molecule has 23 heavy (non-hydrogen) atoms. The third-order valence-corrected chi connectivity index (χ3v) is 5.26. The normalized spacial score (nSPS) is 21.0. The summed E-state index contributed by atoms with van der Waals surface area (Å²) in [7, 11) is 0. The number of nitrogens with zero attached hydrogens (tertiary/aromatic N) is 3. The molecule has 0 bridgehead atoms. The number of pyridine rings is 1. The number of hydrogen-bond acceptors (Lipinski definition) is 4. The van der Waals surface area contributed by atoms with Crippen LogP contribution in [0.3, 0.4) is 0 Å². The first kappa shape index (κ1) is 14.9. The number of para-hydroxylation sites is 1. The predicted octanol–water partition coefficient (Wildman–Crippen LogP) is 2.36. The lowest BCUT2D eigenvalue weighted by atomic mass is 9.97. The minimum atomic E-state index is 0.890. The Labute approximate surface area is 138 Å². The third kappa shape index (κ3) is 3.48. The van der Waals surface area contributed by atoms with Crippen molar-refractivity contribution in [3.05, 3.63) is 36.4 Å². The summed E-state index contributed by atoms with van der Waals surface area (Å²) in [5.41, 5.74) is 1.10. The standard InChI is InChI=1S/C19H26N4/c1-2-4-18-17(3-1)5-6-19(21-18)23-13-11-22(12-14-23)15-16-7-9-20-10-8-16/h1-6,16,20H,7-15H2. The van der Waals surface area contributed by atoms with E-state index in [1.54, 1.807) is 0 Å². The van der Waals surface area contributed by atoms with Crippen LogP contribution in [-0.4, -0.2) is 55.7 Å². The summed E-state index contributed by atoms with van der Waals surface area (Å²) in [6, 6.07) is 12.7. The van der Waals surface area contributed by atoms with E-state index in [-0.39, 0.29) is 0 Å². The van der Waals surface area contributed by atoms with Crippen molar-refractivity contribution in [3.63, 3.8) is 0 Å². The van der Waals surface area contributed by atoms with Crippen LogP contribution in [0.25, 0.3) is 10.9 Å². The Morgan fingerprint density at radius 3 is 2.57 bits per heavy atom. The van der Waals surface area contributed by atoms with Gasteiger partial charge in [-0.15, -0.1) is 0 Å². The molecule has 1 aromatic carbocycles. The number of benzene rings is 1. The van der Waals surface area contributed by atoms with E-state index in [1.807, 2.05) is 0 Å². The fourth-order valence-electron chi connectivity index (χ4n) is 3.82. The van der Waals surface area contributed by atoms with Crippen LogP contribution in [0.4, 0.5) is 5.82 Å². The van der Waals surface area contributed by atoms with E-state index >= 15 is 0 Å². The van der Waals surface area contributed by atoms with Crippen molar-refractivity contribution in [1.82, 2.24) is 15.2 Å². The van der Waals surface area contributed by atoms with E-state index < -0.39 is 0 Å². The Morgan fingerprint density at radius 2 is 1.74 bits per heavy atom. The number of fused-ring (bicyclic) bond motifs is 1. The molecule has 2 aliphatic heterocycles. The molecule has 0 amide bonds. The lowest BCUT2D eigenvalue weighted by Gasteiger charge is -2.37. The Balaban J connectivity index is 1.36. The first-order valence-electron chi connectivity index (χ1n) is 8.92. The molecule has 0 atom stereocenters. The maximum absolute atomic E-state index is 4.84. The number of aromatic nitrogens is 1. The Hall–Kier alpha value is -1.65. The zero-order valence-corrected chi connectivity index (χ0v) is 13.7. The number of hydrogen-bond donors (Lipinski definition) is 1. The second kappa shape index (κ2) is 6.85. The van der Waals surface area contributed by atoms with Crippen molar-refractivity contribution in [1.29, 1.82) is 0 Å². The first-order valence-corrected chi connectivity index (χ1v) is 8.92. The summed E-state index contributed by atoms with van der Waals surface area (Å²) in [4.78, 5) is 9.92. The molecule has 2 saturated heterocycles. The monoisotopic (exact) mass is 310 g/mol. The fourth-order valence-corrected chi connectivity index (χ4v) is 3.82. The van der Waals surface area contributed by atoms with Gasteiger partial charge in [0.1, 0.15) is 5.82 Å². The van der Waals surface area contributed by atoms with Gasteiger partial charge in [-0.25, -0.2) is 4.98 Å². The van der Waals surface area contributed by atoms with E-state index in [9.17, 15) is 0 Å². The molecule has 0 saturated carbocycles. The number of piperidine rings is 1. The smallest absolute Gasteiger partial charge is 0.129 e. The molecule has 4 heteroatoms. The number of anilines is 1. The van der Waals surface area contributed by atoms with Gasteiger partial charge in [0.15, 0.2) is 0 Å². The largest absolute Gasteiger partial charge is 0.354 e. The van der Waals surface area contributed by atoms with Crippen LogP contribution in [0.5, 0.6) is 0 Å². The molecule has 4 nitrogen and oxygen atoms in total. The molecule has 2 fully saturated rings. The highest BCUT2D eigenvalue weighted by atomic mass is 15.3. The minimum Gasteiger partial charge on any atom is -0.354 e. The molecular formula is C19H26N4. The van der Waals surface area contributed by atoms with Crippen molar-refractivity contribution >= 4 is 16.7 Å². The summed E-state index contributed by atoms with van der Waals surface area (Å²) < 4.78 is 0. The van der Waals surface area contributed by atoms with Crippen LogP contribution in [-0.2, 0) is 0 Å². The second-order valence-corrected chi connectivity index (χ2v) is 6.84. The van der Waals surface area contributed by atoms with Crippen LogP contribution in [0.2, 0.25) is 0 Å². The molecule has 2 aromatic rings. The first-order chi connectivity index (χ1) is 11.4. The Kier molecular flexibility index (Phi) is 4.44. The van der Waals surface area contributed by atoms with Gasteiger partial charge in [0, 0.05) is 38.1 Å². The molecule has 0 spiro atoms. The molecule has 1 aromatic heterocycles. The van der Waals surface area contributed by atoms with E-state index in [1.165, 1.54) is 51.0 Å². The molecule has 0 unspecified atom stereocenters. The van der Waals surface area contributed by atoms with Crippen LogP contribution < -0.4 is 10.2 Å². The molecule has 2 aliphatic rings. The quantitative estimate of drug-likeness (QED) is 0.943. The van der Waals surface area contributed by atoms with Gasteiger partial charge in [-0.05, 0) is 50.0 Å². The molecule has 1 N–H and O–H groups in total. The van der Waals surface area contributed by atoms with Crippen molar-refractivity contribution < 1.29 is 0 Å². The number of rotatable bonds is 3. The van der Waals surface area contributed by atoms with Crippen LogP contribution in [0.15, 0.2) is 36.4 Å². The minimum absolute atomic E-state index is 0.890. The number of piperazine rings is 1. The second-order valence-electron chi connectivity index (χ2n) is 6.84. The van der Waals surface area contributed by atoms with Gasteiger partial charge >= 0.3 is 0 Å². The average Bonchev–Trinajstić information content (AvgIpc) is 2.63. The molecule has 122 valence electrons. The summed E-state index contributed by atoms with van der Waals surface area (Å²) in [5, 5.41) is 4.68. The summed E-state index contributed by atoms with van der Waals surface area (Å²) in [5.74, 6) is 2.02. The zero-order chi connectivity index (χ0) is 15.5. The van der Waals surface area contributed by atoms with Crippen molar-refractivity contribution in [2.45, 2.75) is 12.8 Å². The number of nitrogens with one attached hydrogen (secondary N) is 1. The van der Waals surface area contributed by atoms with Gasteiger partial charge in [-0.1, -0.05) is 18.2 Å². The van der Waals surface area contributed by atoms with Crippen molar-refractivity contribution in [2.75, 3.05) is 50.7 Å². The zero-order valence-electron chi connectivity index (χ0n) is 13.7. The van der Waals surface area contributed by atoms with Gasteiger partial charge in [0.2, 0.25) is 0 Å². The van der Waals surface area contributed by atoms with Crippen LogP contribution >= 0.6 is 0 Å². The molecule has 0 aliphatic carbocycles. The SMILES string of the molecule is c1ccc2nc(N3CCN(CC4CCNCC4)CC3)ccc2c1. The highest BCUT2D eigenvalue weighted by Crippen LogP contribution is 2.20. The molecule has 0 radical (unpaired) electrons. The van der Waals surface area contributed by atoms with E-state index in [2.05, 4.69) is 51.5 Å². The third-order valence-electron chi connectivity index (χ3n) is 5.26. The van der Waals surface area contributed by atoms with Gasteiger partial charge < -0.3 is 10.2 Å². The van der Waals surface area contributed by atoms with Crippen molar-refractivity contribution in [2.24, 2.45) is 5.92 Å². The highest BCUT2D eigenvalue weighted by Gasteiger charge is 2.22.